The lowest BCUT2D eigenvalue weighted by Crippen LogP contribution is -2.34. The number of amides is 1. The van der Waals surface area contributed by atoms with Crippen LogP contribution in [0.5, 0.6) is 5.75 Å². The summed E-state index contributed by atoms with van der Waals surface area (Å²) >= 11 is 0. The van der Waals surface area contributed by atoms with E-state index in [1.54, 1.807) is 38.5 Å². The van der Waals surface area contributed by atoms with E-state index < -0.39 is 17.7 Å². The summed E-state index contributed by atoms with van der Waals surface area (Å²) in [6, 6.07) is 16.2. The third kappa shape index (κ3) is 4.49. The zero-order valence-corrected chi connectivity index (χ0v) is 16.6. The molecule has 1 aliphatic rings. The van der Waals surface area contributed by atoms with E-state index >= 15 is 0 Å². The maximum Gasteiger partial charge on any atom is 0.290 e. The van der Waals surface area contributed by atoms with Gasteiger partial charge in [-0.05, 0) is 29.7 Å². The van der Waals surface area contributed by atoms with Gasteiger partial charge in [-0.25, -0.2) is 0 Å². The van der Waals surface area contributed by atoms with Crippen molar-refractivity contribution >= 4 is 11.7 Å². The van der Waals surface area contributed by atoms with Crippen molar-refractivity contribution in [3.8, 4) is 5.75 Å². The number of hydrogen-bond acceptors (Lipinski definition) is 5. The number of benzene rings is 2. The summed E-state index contributed by atoms with van der Waals surface area (Å²) < 4.78 is 10.3. The van der Waals surface area contributed by atoms with Crippen LogP contribution in [-0.2, 0) is 20.7 Å². The molecule has 0 bridgehead atoms. The number of aliphatic hydroxyl groups is 1. The number of carbonyl (C=O) groups excluding carboxylic acids is 2. The molecule has 2 aromatic carbocycles. The molecule has 1 N–H and O–H groups in total. The monoisotopic (exact) mass is 395 g/mol. The van der Waals surface area contributed by atoms with Gasteiger partial charge in [0, 0.05) is 20.1 Å². The van der Waals surface area contributed by atoms with Crippen LogP contribution in [0.3, 0.4) is 0 Å². The van der Waals surface area contributed by atoms with Gasteiger partial charge in [0.1, 0.15) is 5.75 Å². The van der Waals surface area contributed by atoms with Crippen LogP contribution >= 0.6 is 0 Å². The van der Waals surface area contributed by atoms with Gasteiger partial charge >= 0.3 is 0 Å². The zero-order chi connectivity index (χ0) is 20.8. The molecule has 29 heavy (non-hydrogen) atoms. The number of ketones is 1. The van der Waals surface area contributed by atoms with E-state index in [9.17, 15) is 14.7 Å². The second-order valence-electron chi connectivity index (χ2n) is 6.84. The van der Waals surface area contributed by atoms with Gasteiger partial charge in [0.05, 0.1) is 25.3 Å². The smallest absolute Gasteiger partial charge is 0.290 e. The molecule has 6 nitrogen and oxygen atoms in total. The summed E-state index contributed by atoms with van der Waals surface area (Å²) in [5, 5.41) is 10.5. The Morgan fingerprint density at radius 3 is 2.38 bits per heavy atom. The van der Waals surface area contributed by atoms with Crippen LogP contribution in [0.2, 0.25) is 0 Å². The van der Waals surface area contributed by atoms with Crippen LogP contribution in [0.15, 0.2) is 65.9 Å². The number of aryl methyl sites for hydroxylation is 1. The quantitative estimate of drug-likeness (QED) is 0.705. The molecule has 1 aliphatic heterocycles. The fourth-order valence-electron chi connectivity index (χ4n) is 3.53. The Morgan fingerprint density at radius 1 is 1.07 bits per heavy atom. The first kappa shape index (κ1) is 20.6. The van der Waals surface area contributed by atoms with Gasteiger partial charge in [-0.2, -0.15) is 0 Å². The molecular formula is C23H25NO5. The number of aliphatic hydroxyl groups excluding tert-OH is 1. The number of hydrogen-bond donors (Lipinski definition) is 1. The summed E-state index contributed by atoms with van der Waals surface area (Å²) in [6.45, 7) is 0.572. The number of methoxy groups -OCH3 is 2. The van der Waals surface area contributed by atoms with E-state index in [-0.39, 0.29) is 24.3 Å². The predicted molar refractivity (Wildman–Crippen MR) is 109 cm³/mol. The van der Waals surface area contributed by atoms with Crippen LogP contribution in [0.25, 0.3) is 0 Å². The van der Waals surface area contributed by atoms with E-state index in [0.29, 0.717) is 18.8 Å². The highest BCUT2D eigenvalue weighted by Crippen LogP contribution is 2.38. The third-order valence-electron chi connectivity index (χ3n) is 5.06. The minimum Gasteiger partial charge on any atom is -0.503 e. The van der Waals surface area contributed by atoms with Crippen LogP contribution in [0.4, 0.5) is 0 Å². The van der Waals surface area contributed by atoms with Crippen LogP contribution in [0, 0.1) is 0 Å². The Labute approximate surface area is 170 Å². The lowest BCUT2D eigenvalue weighted by atomic mass is 9.93. The van der Waals surface area contributed by atoms with Crippen LogP contribution < -0.4 is 4.74 Å². The normalized spacial score (nSPS) is 16.4. The van der Waals surface area contributed by atoms with Crippen molar-refractivity contribution in [1.82, 2.24) is 4.90 Å². The first-order valence-electron chi connectivity index (χ1n) is 9.51. The first-order valence-corrected chi connectivity index (χ1v) is 9.51. The molecular weight excluding hydrogens is 370 g/mol. The molecule has 0 aliphatic carbocycles. The lowest BCUT2D eigenvalue weighted by molar-refractivity contribution is -0.130. The van der Waals surface area contributed by atoms with Gasteiger partial charge in [-0.3, -0.25) is 9.59 Å². The third-order valence-corrected chi connectivity index (χ3v) is 5.06. The van der Waals surface area contributed by atoms with Crippen molar-refractivity contribution < 1.29 is 24.2 Å². The fraction of sp³-hybridized carbons (Fsp3) is 0.304. The van der Waals surface area contributed by atoms with Gasteiger partial charge in [0.2, 0.25) is 0 Å². The van der Waals surface area contributed by atoms with Crippen LogP contribution in [-0.4, -0.2) is 49.1 Å². The number of ether oxygens (including phenoxy) is 2. The zero-order valence-electron chi connectivity index (χ0n) is 16.6. The summed E-state index contributed by atoms with van der Waals surface area (Å²) in [6.07, 6.45) is 0.750. The SMILES string of the molecule is COCCN1C(=O)C(O)=C(C(=O)CCc2ccccc2)C1c1ccc(OC)cc1. The van der Waals surface area contributed by atoms with Crippen molar-refractivity contribution in [3.63, 3.8) is 0 Å². The van der Waals surface area contributed by atoms with Crippen molar-refractivity contribution in [2.24, 2.45) is 0 Å². The van der Waals surface area contributed by atoms with Crippen molar-refractivity contribution in [3.05, 3.63) is 77.1 Å². The van der Waals surface area contributed by atoms with E-state index in [1.165, 1.54) is 4.90 Å². The summed E-state index contributed by atoms with van der Waals surface area (Å²) in [5.41, 5.74) is 1.91. The number of carbonyl (C=O) groups is 2. The standard InChI is InChI=1S/C23H25NO5/c1-28-15-14-24-21(17-9-11-18(29-2)12-10-17)20(22(26)23(24)27)19(25)13-8-16-6-4-3-5-7-16/h3-7,9-12,21,26H,8,13-15H2,1-2H3. The first-order chi connectivity index (χ1) is 14.1. The lowest BCUT2D eigenvalue weighted by Gasteiger charge is -2.26. The minimum absolute atomic E-state index is 0.146. The average molecular weight is 395 g/mol. The Morgan fingerprint density at radius 2 is 1.76 bits per heavy atom. The molecule has 1 amide bonds. The molecule has 0 aromatic heterocycles. The summed E-state index contributed by atoms with van der Waals surface area (Å²) in [5.74, 6) is -0.585. The Kier molecular flexibility index (Phi) is 6.67. The van der Waals surface area contributed by atoms with Crippen molar-refractivity contribution in [2.45, 2.75) is 18.9 Å². The molecule has 1 atom stereocenters. The predicted octanol–water partition coefficient (Wildman–Crippen LogP) is 3.24. The van der Waals surface area contributed by atoms with Gasteiger partial charge < -0.3 is 19.5 Å². The topological polar surface area (TPSA) is 76.1 Å². The van der Waals surface area contributed by atoms with Crippen molar-refractivity contribution in [2.75, 3.05) is 27.4 Å². The molecule has 0 spiro atoms. The highest BCUT2D eigenvalue weighted by atomic mass is 16.5. The molecule has 0 saturated carbocycles. The van der Waals surface area contributed by atoms with E-state index in [1.807, 2.05) is 30.3 Å². The number of Topliss-reactive ketones (excluding diaryl/α,β-unsaturated/α-hetero) is 1. The fourth-order valence-corrected chi connectivity index (χ4v) is 3.53. The largest absolute Gasteiger partial charge is 0.503 e. The molecule has 0 saturated heterocycles. The molecule has 2 aromatic rings. The maximum atomic E-state index is 13.0. The Bertz CT molecular complexity index is 889. The van der Waals surface area contributed by atoms with E-state index in [4.69, 9.17) is 9.47 Å². The Hall–Kier alpha value is -3.12. The highest BCUT2D eigenvalue weighted by Gasteiger charge is 2.42. The van der Waals surface area contributed by atoms with Gasteiger partial charge in [-0.1, -0.05) is 42.5 Å². The molecule has 152 valence electrons. The molecule has 1 unspecified atom stereocenters. The van der Waals surface area contributed by atoms with Crippen LogP contribution in [0.1, 0.15) is 23.6 Å². The van der Waals surface area contributed by atoms with E-state index in [2.05, 4.69) is 0 Å². The highest BCUT2D eigenvalue weighted by molar-refractivity contribution is 6.09. The molecule has 0 fully saturated rings. The molecule has 6 heteroatoms. The minimum atomic E-state index is -0.646. The number of nitrogens with zero attached hydrogens (tertiary/aromatic N) is 1. The van der Waals surface area contributed by atoms with Crippen molar-refractivity contribution in [1.29, 1.82) is 0 Å². The van der Waals surface area contributed by atoms with Gasteiger partial charge in [0.15, 0.2) is 11.5 Å². The van der Waals surface area contributed by atoms with E-state index in [0.717, 1.165) is 11.1 Å². The second-order valence-corrected chi connectivity index (χ2v) is 6.84. The summed E-state index contributed by atoms with van der Waals surface area (Å²) in [4.78, 5) is 27.2. The number of rotatable bonds is 9. The van der Waals surface area contributed by atoms with Gasteiger partial charge in [0.25, 0.3) is 5.91 Å². The maximum absolute atomic E-state index is 13.0. The second kappa shape index (κ2) is 9.39. The molecule has 3 rings (SSSR count). The molecule has 1 heterocycles. The summed E-state index contributed by atoms with van der Waals surface area (Å²) in [7, 11) is 3.12. The molecule has 0 radical (unpaired) electrons. The van der Waals surface area contributed by atoms with Gasteiger partial charge in [-0.15, -0.1) is 0 Å². The average Bonchev–Trinajstić information content (AvgIpc) is 3.01. The Balaban J connectivity index is 1.89.